The van der Waals surface area contributed by atoms with Gasteiger partial charge in [0.05, 0.1) is 17.8 Å². The van der Waals surface area contributed by atoms with E-state index in [1.165, 1.54) is 6.08 Å². The third kappa shape index (κ3) is 5.90. The first-order valence-electron chi connectivity index (χ1n) is 11.7. The molecule has 0 aliphatic carbocycles. The van der Waals surface area contributed by atoms with Gasteiger partial charge >= 0.3 is 0 Å². The second-order valence-electron chi connectivity index (χ2n) is 8.70. The number of hydrogen-bond donors (Lipinski definition) is 4. The summed E-state index contributed by atoms with van der Waals surface area (Å²) in [6.07, 6.45) is 2.69. The molecular formula is C28H26N4O4. The van der Waals surface area contributed by atoms with Crippen molar-refractivity contribution in [3.63, 3.8) is 0 Å². The number of benzene rings is 2. The molecule has 1 fully saturated rings. The van der Waals surface area contributed by atoms with E-state index in [4.69, 9.17) is 0 Å². The lowest BCUT2D eigenvalue weighted by molar-refractivity contribution is 0.0937. The molecule has 3 aromatic rings. The van der Waals surface area contributed by atoms with Crippen LogP contribution >= 0.6 is 0 Å². The largest absolute Gasteiger partial charge is 0.379 e. The Hall–Kier alpha value is -4.60. The van der Waals surface area contributed by atoms with Crippen molar-refractivity contribution in [3.8, 4) is 0 Å². The van der Waals surface area contributed by atoms with Crippen molar-refractivity contribution >= 4 is 34.6 Å². The second kappa shape index (κ2) is 11.7. The Labute approximate surface area is 208 Å². The second-order valence-corrected chi connectivity index (χ2v) is 8.70. The third-order valence-corrected chi connectivity index (χ3v) is 6.30. The van der Waals surface area contributed by atoms with E-state index >= 15 is 0 Å². The molecule has 0 bridgehead atoms. The molecule has 1 saturated heterocycles. The molecule has 8 nitrogen and oxygen atoms in total. The van der Waals surface area contributed by atoms with Gasteiger partial charge in [0, 0.05) is 29.4 Å². The van der Waals surface area contributed by atoms with Crippen LogP contribution in [-0.2, 0) is 20.8 Å². The summed E-state index contributed by atoms with van der Waals surface area (Å²) in [6.45, 7) is 0.639. The number of fused-ring (bicyclic) bond motifs is 1. The minimum absolute atomic E-state index is 0.0994. The van der Waals surface area contributed by atoms with Gasteiger partial charge < -0.3 is 20.9 Å². The molecule has 1 aliphatic rings. The molecule has 4 N–H and O–H groups in total. The van der Waals surface area contributed by atoms with Crippen molar-refractivity contribution in [2.45, 2.75) is 31.3 Å². The van der Waals surface area contributed by atoms with Crippen molar-refractivity contribution in [1.29, 1.82) is 0 Å². The molecule has 3 atom stereocenters. The number of rotatable bonds is 10. The van der Waals surface area contributed by atoms with Crippen molar-refractivity contribution in [2.75, 3.05) is 6.54 Å². The first-order valence-corrected chi connectivity index (χ1v) is 11.7. The maximum absolute atomic E-state index is 13.2. The molecule has 1 amide bonds. The van der Waals surface area contributed by atoms with Gasteiger partial charge in [-0.1, -0.05) is 48.5 Å². The fraction of sp³-hybridized carbons (Fsp3) is 0.250. The zero-order chi connectivity index (χ0) is 25.3. The number of H-pyrrole nitrogens is 1. The van der Waals surface area contributed by atoms with Gasteiger partial charge in [0.15, 0.2) is 0 Å². The van der Waals surface area contributed by atoms with Crippen LogP contribution in [0.1, 0.15) is 28.9 Å². The van der Waals surface area contributed by atoms with Crippen LogP contribution in [0.2, 0.25) is 0 Å². The minimum Gasteiger partial charge on any atom is -0.379 e. The smallest absolute Gasteiger partial charge is 0.268 e. The first-order chi connectivity index (χ1) is 17.6. The van der Waals surface area contributed by atoms with Gasteiger partial charge in [-0.25, -0.2) is 14.4 Å². The summed E-state index contributed by atoms with van der Waals surface area (Å²) in [5.41, 5.74) is 2.64. The van der Waals surface area contributed by atoms with Crippen molar-refractivity contribution < 1.29 is 19.2 Å². The van der Waals surface area contributed by atoms with Gasteiger partial charge in [0.25, 0.3) is 5.91 Å². The predicted molar refractivity (Wildman–Crippen MR) is 136 cm³/mol. The maximum Gasteiger partial charge on any atom is 0.268 e. The lowest BCUT2D eigenvalue weighted by Gasteiger charge is -2.25. The predicted octanol–water partition coefficient (Wildman–Crippen LogP) is 2.29. The molecule has 2 unspecified atom stereocenters. The zero-order valence-electron chi connectivity index (χ0n) is 19.5. The number of aromatic nitrogens is 1. The molecule has 2 aromatic carbocycles. The molecule has 0 saturated carbocycles. The fourth-order valence-electron chi connectivity index (χ4n) is 4.49. The van der Waals surface area contributed by atoms with Crippen LogP contribution in [0.15, 0.2) is 78.1 Å². The molecule has 2 heterocycles. The van der Waals surface area contributed by atoms with Crippen LogP contribution in [-0.4, -0.2) is 47.3 Å². The Balaban J connectivity index is 1.57. The highest BCUT2D eigenvalue weighted by molar-refractivity contribution is 5.98. The molecule has 182 valence electrons. The molecule has 8 heteroatoms. The highest BCUT2D eigenvalue weighted by Crippen LogP contribution is 2.23. The summed E-state index contributed by atoms with van der Waals surface area (Å²) in [4.78, 5) is 50.8. The summed E-state index contributed by atoms with van der Waals surface area (Å²) in [7, 11) is 0. The van der Waals surface area contributed by atoms with E-state index in [9.17, 15) is 19.2 Å². The van der Waals surface area contributed by atoms with Crippen LogP contribution in [0.4, 0.5) is 0 Å². The number of carbonyl (C=O) groups excluding carboxylic acids is 4. The normalized spacial score (nSPS) is 16.1. The number of allylic oxidation sites excluding steroid dienone is 1. The van der Waals surface area contributed by atoms with E-state index in [0.717, 1.165) is 16.5 Å². The number of hydrogen-bond acceptors (Lipinski definition) is 6. The molecule has 4 rings (SSSR count). The SMILES string of the molecule is O=C=CC(C[C@@H]1CCNC1=C=O)NC(=C=O)C(Cc1ccccc1)NC(=O)c1cc2ccccc2[nH]1. The quantitative estimate of drug-likeness (QED) is 0.329. The van der Waals surface area contributed by atoms with Crippen molar-refractivity contribution in [3.05, 3.63) is 89.4 Å². The number of amides is 1. The van der Waals surface area contributed by atoms with Crippen LogP contribution in [0.5, 0.6) is 0 Å². The van der Waals surface area contributed by atoms with E-state index < -0.39 is 12.1 Å². The fourth-order valence-corrected chi connectivity index (χ4v) is 4.49. The highest BCUT2D eigenvalue weighted by Gasteiger charge is 2.27. The molecule has 0 spiro atoms. The minimum atomic E-state index is -0.742. The molecular weight excluding hydrogens is 456 g/mol. The standard InChI is InChI=1S/C28H26N4O4/c33-13-11-22(15-21-10-12-29-26(21)17-34)30-27(18-35)24(14-19-6-2-1-3-7-19)32-28(36)25-16-20-8-4-5-9-23(20)31-25/h1-9,11,16,21-22,24,29-31H,10,12,14-15H2,(H,32,36)/t21-,22?,24?/m0/s1. The summed E-state index contributed by atoms with van der Waals surface area (Å²) in [5.74, 6) is 5.10. The summed E-state index contributed by atoms with van der Waals surface area (Å²) < 4.78 is 0. The summed E-state index contributed by atoms with van der Waals surface area (Å²) in [5, 5.41) is 9.87. The lowest BCUT2D eigenvalue weighted by Crippen LogP contribution is -2.45. The van der Waals surface area contributed by atoms with E-state index in [-0.39, 0.29) is 17.5 Å². The summed E-state index contributed by atoms with van der Waals surface area (Å²) >= 11 is 0. The van der Waals surface area contributed by atoms with Crippen molar-refractivity contribution in [2.24, 2.45) is 5.92 Å². The van der Waals surface area contributed by atoms with Gasteiger partial charge in [-0.2, -0.15) is 0 Å². The van der Waals surface area contributed by atoms with Crippen LogP contribution in [0.3, 0.4) is 0 Å². The van der Waals surface area contributed by atoms with Crippen LogP contribution < -0.4 is 16.0 Å². The average molecular weight is 483 g/mol. The Morgan fingerprint density at radius 3 is 2.56 bits per heavy atom. The molecule has 1 aliphatic heterocycles. The number of carbonyl (C=O) groups is 1. The molecule has 1 aromatic heterocycles. The highest BCUT2D eigenvalue weighted by atomic mass is 16.2. The average Bonchev–Trinajstić information content (AvgIpc) is 3.54. The molecule has 36 heavy (non-hydrogen) atoms. The van der Waals surface area contributed by atoms with Gasteiger partial charge in [0.1, 0.15) is 29.2 Å². The third-order valence-electron chi connectivity index (χ3n) is 6.30. The van der Waals surface area contributed by atoms with Gasteiger partial charge in [-0.3, -0.25) is 4.79 Å². The van der Waals surface area contributed by atoms with Crippen LogP contribution in [0.25, 0.3) is 10.9 Å². The van der Waals surface area contributed by atoms with Crippen molar-refractivity contribution in [1.82, 2.24) is 20.9 Å². The Morgan fingerprint density at radius 1 is 1.06 bits per heavy atom. The monoisotopic (exact) mass is 482 g/mol. The summed E-state index contributed by atoms with van der Waals surface area (Å²) in [6, 6.07) is 17.4. The number of nitrogens with one attached hydrogen (secondary N) is 4. The van der Waals surface area contributed by atoms with Gasteiger partial charge in [0.2, 0.25) is 0 Å². The van der Waals surface area contributed by atoms with E-state index in [1.807, 2.05) is 66.5 Å². The lowest BCUT2D eigenvalue weighted by atomic mass is 9.95. The van der Waals surface area contributed by atoms with E-state index in [1.54, 1.807) is 12.0 Å². The topological polar surface area (TPSA) is 120 Å². The Bertz CT molecular complexity index is 1340. The Kier molecular flexibility index (Phi) is 7.97. The van der Waals surface area contributed by atoms with Crippen LogP contribution in [0, 0.1) is 5.92 Å². The first kappa shape index (κ1) is 24.5. The van der Waals surface area contributed by atoms with Gasteiger partial charge in [-0.05, 0) is 37.0 Å². The van der Waals surface area contributed by atoms with E-state index in [2.05, 4.69) is 20.9 Å². The number of para-hydroxylation sites is 1. The Morgan fingerprint density at radius 2 is 1.83 bits per heavy atom. The maximum atomic E-state index is 13.2. The number of aromatic amines is 1. The van der Waals surface area contributed by atoms with Gasteiger partial charge in [-0.15, -0.1) is 0 Å². The molecule has 0 radical (unpaired) electrons. The zero-order valence-corrected chi connectivity index (χ0v) is 19.5. The van der Waals surface area contributed by atoms with E-state index in [0.29, 0.717) is 37.2 Å².